The molecule has 0 aromatic rings. The van der Waals surface area contributed by atoms with Gasteiger partial charge >= 0.3 is 0 Å². The maximum atomic E-state index is 12.1. The Morgan fingerprint density at radius 2 is 2.00 bits per heavy atom. The summed E-state index contributed by atoms with van der Waals surface area (Å²) < 4.78 is 6.02. The van der Waals surface area contributed by atoms with Crippen molar-refractivity contribution in [3.05, 3.63) is 36.6 Å². The third-order valence-electron chi connectivity index (χ3n) is 9.63. The molecule has 3 nitrogen and oxygen atoms in total. The number of fused-ring (bicyclic) bond motifs is 5. The molecular weight excluding hydrogens is 372 g/mol. The standard InChI is InChI=1S/C27H40O3/c1-4-5-6-7-19(2)30-17-16-27-15-13-23-22(24(27)10-11-25(27)29)9-8-20-18-21(28)12-14-26(20,23)3/h4-7,20,22-25,29H,1,8-18H2,2-3H3/b6-5-,19-7+/t20?,22?,23?,24?,25-,26-,27+/m0/s1. The van der Waals surface area contributed by atoms with E-state index in [4.69, 9.17) is 4.74 Å². The van der Waals surface area contributed by atoms with E-state index < -0.39 is 0 Å². The number of aliphatic hydroxyl groups is 1. The molecule has 4 fully saturated rings. The molecule has 0 aromatic heterocycles. The zero-order chi connectivity index (χ0) is 21.4. The van der Waals surface area contributed by atoms with Crippen molar-refractivity contribution in [2.75, 3.05) is 6.61 Å². The molecule has 7 atom stereocenters. The van der Waals surface area contributed by atoms with Crippen molar-refractivity contribution < 1.29 is 14.6 Å². The second-order valence-electron chi connectivity index (χ2n) is 10.8. The first-order valence-corrected chi connectivity index (χ1v) is 12.2. The van der Waals surface area contributed by atoms with Crippen LogP contribution in [0.4, 0.5) is 0 Å². The number of carbonyl (C=O) groups is 1. The lowest BCUT2D eigenvalue weighted by Crippen LogP contribution is -2.55. The van der Waals surface area contributed by atoms with E-state index >= 15 is 0 Å². The predicted octanol–water partition coefficient (Wildman–Crippen LogP) is 5.99. The second-order valence-corrected chi connectivity index (χ2v) is 10.8. The van der Waals surface area contributed by atoms with Gasteiger partial charge in [0.05, 0.1) is 18.5 Å². The van der Waals surface area contributed by atoms with Crippen molar-refractivity contribution in [1.29, 1.82) is 0 Å². The molecule has 4 aliphatic rings. The monoisotopic (exact) mass is 412 g/mol. The van der Waals surface area contributed by atoms with Crippen LogP contribution in [0.15, 0.2) is 36.6 Å². The van der Waals surface area contributed by atoms with Gasteiger partial charge in [0.25, 0.3) is 0 Å². The van der Waals surface area contributed by atoms with Crippen molar-refractivity contribution in [3.8, 4) is 0 Å². The van der Waals surface area contributed by atoms with Crippen LogP contribution in [-0.4, -0.2) is 23.6 Å². The first kappa shape index (κ1) is 21.9. The zero-order valence-electron chi connectivity index (χ0n) is 18.9. The van der Waals surface area contributed by atoms with E-state index in [9.17, 15) is 9.90 Å². The summed E-state index contributed by atoms with van der Waals surface area (Å²) in [5.74, 6) is 4.08. The molecule has 0 aromatic carbocycles. The Balaban J connectivity index is 1.47. The molecule has 1 N–H and O–H groups in total. The minimum atomic E-state index is -0.185. The van der Waals surface area contributed by atoms with Crippen LogP contribution in [-0.2, 0) is 9.53 Å². The quantitative estimate of drug-likeness (QED) is 0.430. The Bertz CT molecular complexity index is 722. The highest BCUT2D eigenvalue weighted by molar-refractivity contribution is 5.79. The minimum absolute atomic E-state index is 0.0338. The number of allylic oxidation sites excluding steroid dienone is 5. The van der Waals surface area contributed by atoms with Crippen molar-refractivity contribution >= 4 is 5.78 Å². The van der Waals surface area contributed by atoms with Crippen molar-refractivity contribution in [3.63, 3.8) is 0 Å². The summed E-state index contributed by atoms with van der Waals surface area (Å²) >= 11 is 0. The normalized spacial score (nSPS) is 43.8. The average Bonchev–Trinajstić information content (AvgIpc) is 3.05. The van der Waals surface area contributed by atoms with Gasteiger partial charge in [0, 0.05) is 18.3 Å². The number of hydrogen-bond donors (Lipinski definition) is 1. The smallest absolute Gasteiger partial charge is 0.133 e. The van der Waals surface area contributed by atoms with E-state index in [1.165, 1.54) is 25.7 Å². The van der Waals surface area contributed by atoms with E-state index in [2.05, 4.69) is 13.5 Å². The van der Waals surface area contributed by atoms with E-state index in [0.29, 0.717) is 29.6 Å². The largest absolute Gasteiger partial charge is 0.498 e. The molecule has 0 saturated heterocycles. The molecule has 0 aliphatic heterocycles. The Labute approximate surface area is 182 Å². The van der Waals surface area contributed by atoms with Crippen LogP contribution in [0.2, 0.25) is 0 Å². The van der Waals surface area contributed by atoms with E-state index in [0.717, 1.165) is 56.1 Å². The lowest BCUT2D eigenvalue weighted by Gasteiger charge is -2.60. The number of ketones is 1. The van der Waals surface area contributed by atoms with Gasteiger partial charge in [-0.15, -0.1) is 0 Å². The van der Waals surface area contributed by atoms with Crippen LogP contribution in [0.1, 0.15) is 78.1 Å². The first-order chi connectivity index (χ1) is 14.4. The van der Waals surface area contributed by atoms with Crippen LogP contribution in [0.25, 0.3) is 0 Å². The fourth-order valence-corrected chi connectivity index (χ4v) is 8.03. The Hall–Kier alpha value is -1.35. The highest BCUT2D eigenvalue weighted by atomic mass is 16.5. The lowest BCUT2D eigenvalue weighted by atomic mass is 9.44. The van der Waals surface area contributed by atoms with E-state index in [1.807, 2.05) is 25.2 Å². The molecule has 3 heteroatoms. The first-order valence-electron chi connectivity index (χ1n) is 12.2. The van der Waals surface area contributed by atoms with Gasteiger partial charge in [0.1, 0.15) is 5.78 Å². The van der Waals surface area contributed by atoms with Gasteiger partial charge < -0.3 is 9.84 Å². The highest BCUT2D eigenvalue weighted by Crippen LogP contribution is 2.66. The zero-order valence-corrected chi connectivity index (χ0v) is 18.9. The van der Waals surface area contributed by atoms with E-state index in [1.54, 1.807) is 6.08 Å². The van der Waals surface area contributed by atoms with Crippen molar-refractivity contribution in [2.24, 2.45) is 34.5 Å². The van der Waals surface area contributed by atoms with Gasteiger partial charge in [-0.3, -0.25) is 4.79 Å². The van der Waals surface area contributed by atoms with Crippen molar-refractivity contribution in [2.45, 2.75) is 84.2 Å². The summed E-state index contributed by atoms with van der Waals surface area (Å²) in [4.78, 5) is 12.1. The fourth-order valence-electron chi connectivity index (χ4n) is 8.03. The summed E-state index contributed by atoms with van der Waals surface area (Å²) in [6.07, 6.45) is 18.0. The number of hydrogen-bond acceptors (Lipinski definition) is 3. The Kier molecular flexibility index (Phi) is 6.30. The minimum Gasteiger partial charge on any atom is -0.498 e. The number of Topliss-reactive ketones (excluding diaryl/α,β-unsaturated/α-hetero) is 1. The van der Waals surface area contributed by atoms with Crippen LogP contribution in [0.5, 0.6) is 0 Å². The molecule has 0 radical (unpaired) electrons. The third kappa shape index (κ3) is 3.72. The van der Waals surface area contributed by atoms with Crippen LogP contribution < -0.4 is 0 Å². The van der Waals surface area contributed by atoms with Crippen LogP contribution in [0.3, 0.4) is 0 Å². The Morgan fingerprint density at radius 1 is 1.17 bits per heavy atom. The molecule has 4 saturated carbocycles. The number of ether oxygens (including phenoxy) is 1. The SMILES string of the molecule is C=C/C=C\C=C(/C)OCC[C@]12CCC3C(CCC4CC(=O)CC[C@@]43C)C1CC[C@@H]2O. The number of aliphatic hydroxyl groups excluding tert-OH is 1. The number of rotatable bonds is 6. The molecule has 0 amide bonds. The summed E-state index contributed by atoms with van der Waals surface area (Å²) in [6.45, 7) is 8.86. The molecule has 0 bridgehead atoms. The van der Waals surface area contributed by atoms with Crippen LogP contribution >= 0.6 is 0 Å². The predicted molar refractivity (Wildman–Crippen MR) is 121 cm³/mol. The summed E-state index contributed by atoms with van der Waals surface area (Å²) in [7, 11) is 0. The Morgan fingerprint density at radius 3 is 2.80 bits per heavy atom. The maximum absolute atomic E-state index is 12.1. The summed E-state index contributed by atoms with van der Waals surface area (Å²) in [5, 5.41) is 11.1. The van der Waals surface area contributed by atoms with Gasteiger partial charge in [0.2, 0.25) is 0 Å². The number of carbonyl (C=O) groups excluding carboxylic acids is 1. The van der Waals surface area contributed by atoms with Gasteiger partial charge in [-0.1, -0.05) is 31.7 Å². The van der Waals surface area contributed by atoms with Crippen LogP contribution in [0, 0.1) is 34.5 Å². The lowest BCUT2D eigenvalue weighted by molar-refractivity contribution is -0.146. The van der Waals surface area contributed by atoms with Gasteiger partial charge in [-0.2, -0.15) is 0 Å². The molecule has 4 aliphatic carbocycles. The van der Waals surface area contributed by atoms with Gasteiger partial charge in [-0.05, 0) is 93.5 Å². The van der Waals surface area contributed by atoms with Gasteiger partial charge in [-0.25, -0.2) is 0 Å². The molecule has 0 spiro atoms. The van der Waals surface area contributed by atoms with Crippen molar-refractivity contribution in [1.82, 2.24) is 0 Å². The van der Waals surface area contributed by atoms with Gasteiger partial charge in [0.15, 0.2) is 0 Å². The molecule has 166 valence electrons. The summed E-state index contributed by atoms with van der Waals surface area (Å²) in [6, 6.07) is 0. The third-order valence-corrected chi connectivity index (χ3v) is 9.63. The topological polar surface area (TPSA) is 46.5 Å². The molecule has 0 heterocycles. The second kappa shape index (κ2) is 8.65. The average molecular weight is 413 g/mol. The highest BCUT2D eigenvalue weighted by Gasteiger charge is 2.61. The molecule has 4 unspecified atom stereocenters. The summed E-state index contributed by atoms with van der Waals surface area (Å²) in [5.41, 5.74) is 0.371. The fraction of sp³-hybridized carbons (Fsp3) is 0.741. The van der Waals surface area contributed by atoms with E-state index in [-0.39, 0.29) is 11.5 Å². The maximum Gasteiger partial charge on any atom is 0.133 e. The molecular formula is C27H40O3. The molecule has 30 heavy (non-hydrogen) atoms. The molecule has 4 rings (SSSR count).